The van der Waals surface area contributed by atoms with Crippen LogP contribution in [0.5, 0.6) is 0 Å². The summed E-state index contributed by atoms with van der Waals surface area (Å²) in [5.74, 6) is 0.772. The van der Waals surface area contributed by atoms with Crippen molar-refractivity contribution in [2.75, 3.05) is 31.5 Å². The zero-order valence-corrected chi connectivity index (χ0v) is 22.3. The Hall–Kier alpha value is -2.02. The molecule has 2 N–H and O–H groups in total. The molecular weight excluding hydrogens is 559 g/mol. The Kier molecular flexibility index (Phi) is 6.55. The Balaban J connectivity index is 1.13. The summed E-state index contributed by atoms with van der Waals surface area (Å²) < 4.78 is 12.5. The summed E-state index contributed by atoms with van der Waals surface area (Å²) in [5.41, 5.74) is 5.11. The van der Waals surface area contributed by atoms with Crippen LogP contribution in [0.15, 0.2) is 34.8 Å². The van der Waals surface area contributed by atoms with E-state index < -0.39 is 0 Å². The first kappa shape index (κ1) is 22.4. The molecule has 2 saturated heterocycles. The third kappa shape index (κ3) is 4.73. The molecule has 0 saturated carbocycles. The molecule has 0 bridgehead atoms. The predicted octanol–water partition coefficient (Wildman–Crippen LogP) is 0.760. The summed E-state index contributed by atoms with van der Waals surface area (Å²) in [7, 11) is 0. The Morgan fingerprint density at radius 1 is 1.21 bits per heavy atom. The van der Waals surface area contributed by atoms with Crippen LogP contribution < -0.4 is 30.3 Å². The zero-order valence-electron chi connectivity index (χ0n) is 19.4. The summed E-state index contributed by atoms with van der Waals surface area (Å²) in [6.45, 7) is 7.88. The van der Waals surface area contributed by atoms with Crippen molar-refractivity contribution >= 4 is 33.6 Å². The van der Waals surface area contributed by atoms with Gasteiger partial charge in [0.1, 0.15) is 0 Å². The van der Waals surface area contributed by atoms with Crippen molar-refractivity contribution in [1.82, 2.24) is 32.1 Å². The Labute approximate surface area is 214 Å². The number of fused-ring (bicyclic) bond motifs is 1. The molecule has 3 aliphatic rings. The van der Waals surface area contributed by atoms with Gasteiger partial charge in [0.05, 0.1) is 0 Å². The van der Waals surface area contributed by atoms with Crippen molar-refractivity contribution in [2.45, 2.75) is 45.2 Å². The first-order valence-corrected chi connectivity index (χ1v) is 15.1. The monoisotopic (exact) mass is 589 g/mol. The molecule has 6 heterocycles. The van der Waals surface area contributed by atoms with Crippen molar-refractivity contribution in [3.63, 3.8) is 0 Å². The molecule has 0 amide bonds. The first-order chi connectivity index (χ1) is 16.7. The van der Waals surface area contributed by atoms with E-state index in [4.69, 9.17) is 9.36 Å². The van der Waals surface area contributed by atoms with E-state index in [0.29, 0.717) is 0 Å². The number of imidazole rings is 1. The number of hydrogen-bond acceptors (Lipinski definition) is 8. The maximum absolute atomic E-state index is 4.75. The fourth-order valence-corrected chi connectivity index (χ4v) is 7.13. The van der Waals surface area contributed by atoms with Crippen molar-refractivity contribution < 1.29 is 21.5 Å². The van der Waals surface area contributed by atoms with Crippen LogP contribution in [-0.4, -0.2) is 60.8 Å². The van der Waals surface area contributed by atoms with Gasteiger partial charge in [-0.15, -0.1) is 0 Å². The van der Waals surface area contributed by atoms with Gasteiger partial charge in [0.25, 0.3) is 0 Å². The van der Waals surface area contributed by atoms with Gasteiger partial charge < -0.3 is 4.90 Å². The Morgan fingerprint density at radius 2 is 2.06 bits per heavy atom. The van der Waals surface area contributed by atoms with Crippen LogP contribution in [0.4, 0.5) is 10.8 Å². The second-order valence-electron chi connectivity index (χ2n) is 9.24. The number of nitrogens with zero attached hydrogens (tertiary/aromatic N) is 6. The normalized spacial score (nSPS) is 20.3. The van der Waals surface area contributed by atoms with Crippen LogP contribution in [0.25, 0.3) is 11.2 Å². The van der Waals surface area contributed by atoms with Gasteiger partial charge in [-0.05, 0) is 38.8 Å². The first-order valence-electron chi connectivity index (χ1n) is 12.0. The van der Waals surface area contributed by atoms with Gasteiger partial charge in [-0.1, -0.05) is 0 Å². The minimum atomic E-state index is -0.0629. The fraction of sp³-hybridized carbons (Fsp3) is 0.458. The number of halogens is 1. The van der Waals surface area contributed by atoms with Gasteiger partial charge in [-0.2, -0.15) is 0 Å². The molecule has 8 nitrogen and oxygen atoms in total. The van der Waals surface area contributed by atoms with Gasteiger partial charge in [0, 0.05) is 19.1 Å². The number of allylic oxidation sites excluding steroid dienone is 2. The fourth-order valence-electron chi connectivity index (χ4n) is 5.18. The predicted molar refractivity (Wildman–Crippen MR) is 132 cm³/mol. The molecule has 0 aromatic carbocycles. The van der Waals surface area contributed by atoms with Gasteiger partial charge in [-0.25, -0.2) is 0 Å². The molecule has 0 unspecified atom stereocenters. The molecule has 34 heavy (non-hydrogen) atoms. The Bertz CT molecular complexity index is 1220. The molecular formula is C24H30IN8S-. The van der Waals surface area contributed by atoms with Crippen LogP contribution >= 0.6 is 11.5 Å². The van der Waals surface area contributed by atoms with E-state index in [1.807, 2.05) is 19.3 Å². The molecule has 6 rings (SSSR count). The molecule has 10 heteroatoms. The third-order valence-electron chi connectivity index (χ3n) is 6.89. The van der Waals surface area contributed by atoms with Gasteiger partial charge in [0.2, 0.25) is 0 Å². The second kappa shape index (κ2) is 9.92. The molecule has 0 aliphatic carbocycles. The Morgan fingerprint density at radius 3 is 2.85 bits per heavy atom. The number of nitrogens with one attached hydrogen (secondary N) is 2. The average molecular weight is 590 g/mol. The molecule has 3 aromatic heterocycles. The van der Waals surface area contributed by atoms with Crippen LogP contribution in [0, 0.1) is 6.92 Å². The van der Waals surface area contributed by atoms with E-state index in [1.54, 1.807) is 0 Å². The SMILES string of the molecule is Cc1cn2c(C3=CN[I-]C=C3)cnc2c(Nc2cc(CN3CCC(N4CCCC4)CC3)ns2)n1. The van der Waals surface area contributed by atoms with Crippen molar-refractivity contribution in [1.29, 1.82) is 0 Å². The molecule has 2 fully saturated rings. The minimum absolute atomic E-state index is 0.0629. The summed E-state index contributed by atoms with van der Waals surface area (Å²) in [6, 6.07) is 2.96. The van der Waals surface area contributed by atoms with Crippen LogP contribution in [-0.2, 0) is 6.54 Å². The van der Waals surface area contributed by atoms with Crippen LogP contribution in [0.1, 0.15) is 42.8 Å². The number of aromatic nitrogens is 4. The number of piperidine rings is 1. The average Bonchev–Trinajstić information content (AvgIpc) is 3.62. The molecule has 0 spiro atoms. The van der Waals surface area contributed by atoms with E-state index in [1.165, 1.54) is 63.4 Å². The van der Waals surface area contributed by atoms with E-state index in [2.05, 4.69) is 50.5 Å². The topological polar surface area (TPSA) is 73.6 Å². The van der Waals surface area contributed by atoms with Gasteiger partial charge >= 0.3 is 148 Å². The van der Waals surface area contributed by atoms with Gasteiger partial charge in [0.15, 0.2) is 0 Å². The van der Waals surface area contributed by atoms with Crippen molar-refractivity contribution in [3.8, 4) is 0 Å². The molecule has 0 atom stereocenters. The summed E-state index contributed by atoms with van der Waals surface area (Å²) in [5, 5.41) is 4.50. The number of rotatable bonds is 6. The van der Waals surface area contributed by atoms with Crippen LogP contribution in [0.2, 0.25) is 0 Å². The van der Waals surface area contributed by atoms with Gasteiger partial charge in [-0.3, -0.25) is 4.90 Å². The summed E-state index contributed by atoms with van der Waals surface area (Å²) in [4.78, 5) is 14.7. The number of likely N-dealkylation sites (tertiary alicyclic amines) is 2. The molecule has 3 aliphatic heterocycles. The van der Waals surface area contributed by atoms with Crippen molar-refractivity contribution in [3.05, 3.63) is 51.9 Å². The van der Waals surface area contributed by atoms with E-state index in [9.17, 15) is 0 Å². The zero-order chi connectivity index (χ0) is 22.9. The maximum atomic E-state index is 4.75. The summed E-state index contributed by atoms with van der Waals surface area (Å²) >= 11 is 1.44. The third-order valence-corrected chi connectivity index (χ3v) is 9.02. The second-order valence-corrected chi connectivity index (χ2v) is 12.0. The van der Waals surface area contributed by atoms with E-state index in [0.717, 1.165) is 51.7 Å². The standard InChI is InChI=1S/C24H30IN8S/c1-17-15-33-21(18-4-7-25-27-13-18)14-26-24(33)23(28-17)29-22-12-19(30-34-22)16-31-10-5-20(6-11-31)32-8-2-3-9-32/h4,7,12-15,20,27H,2-3,5-6,8-11,16H2,1H3,(H,28,29)/q-1. The number of anilines is 2. The quantitative estimate of drug-likeness (QED) is 0.325. The molecule has 180 valence electrons. The number of hydrogen-bond donors (Lipinski definition) is 2. The number of aryl methyl sites for hydroxylation is 1. The van der Waals surface area contributed by atoms with E-state index >= 15 is 0 Å². The molecule has 0 radical (unpaired) electrons. The summed E-state index contributed by atoms with van der Waals surface area (Å²) in [6.07, 6.45) is 13.6. The van der Waals surface area contributed by atoms with Crippen molar-refractivity contribution in [2.24, 2.45) is 0 Å². The van der Waals surface area contributed by atoms with E-state index in [-0.39, 0.29) is 21.5 Å². The van der Waals surface area contributed by atoms with Crippen LogP contribution in [0.3, 0.4) is 0 Å². The molecule has 3 aromatic rings.